The van der Waals surface area contributed by atoms with Crippen LogP contribution >= 0.6 is 0 Å². The van der Waals surface area contributed by atoms with E-state index >= 15 is 0 Å². The summed E-state index contributed by atoms with van der Waals surface area (Å²) in [6.07, 6.45) is -0.107. The van der Waals surface area contributed by atoms with Crippen LogP contribution in [0.3, 0.4) is 0 Å². The topological polar surface area (TPSA) is 30.5 Å². The Hall–Kier alpha value is -1.13. The van der Waals surface area contributed by atoms with E-state index in [0.29, 0.717) is 12.4 Å². The lowest BCUT2D eigenvalue weighted by molar-refractivity contribution is 0.0908. The van der Waals surface area contributed by atoms with E-state index in [4.69, 9.17) is 9.47 Å². The monoisotopic (exact) mass is 241 g/mol. The first kappa shape index (κ1) is 13.9. The Bertz CT molecular complexity index is 357. The van der Waals surface area contributed by atoms with E-state index in [1.807, 2.05) is 20.9 Å². The van der Waals surface area contributed by atoms with Crippen LogP contribution < -0.4 is 10.1 Å². The van der Waals surface area contributed by atoms with E-state index < -0.39 is 0 Å². The van der Waals surface area contributed by atoms with Crippen molar-refractivity contribution in [3.63, 3.8) is 0 Å². The number of ether oxygens (including phenoxy) is 2. The number of halogens is 1. The van der Waals surface area contributed by atoms with Crippen LogP contribution in [0.1, 0.15) is 25.5 Å². The van der Waals surface area contributed by atoms with Gasteiger partial charge in [-0.3, -0.25) is 0 Å². The maximum atomic E-state index is 13.2. The fourth-order valence-electron chi connectivity index (χ4n) is 1.61. The van der Waals surface area contributed by atoms with E-state index in [1.54, 1.807) is 13.2 Å². The average Bonchev–Trinajstić information content (AvgIpc) is 2.28. The second-order valence-corrected chi connectivity index (χ2v) is 4.08. The molecule has 0 heterocycles. The van der Waals surface area contributed by atoms with Crippen molar-refractivity contribution in [1.82, 2.24) is 5.32 Å². The molecule has 0 aromatic heterocycles. The highest BCUT2D eigenvalue weighted by atomic mass is 19.1. The first-order valence-corrected chi connectivity index (χ1v) is 5.70. The fourth-order valence-corrected chi connectivity index (χ4v) is 1.61. The molecular weight excluding hydrogens is 221 g/mol. The fraction of sp³-hybridized carbons (Fsp3) is 0.538. The Morgan fingerprint density at radius 1 is 1.35 bits per heavy atom. The van der Waals surface area contributed by atoms with Crippen LogP contribution in [-0.2, 0) is 4.74 Å². The number of hydrogen-bond acceptors (Lipinski definition) is 3. The number of hydrogen-bond donors (Lipinski definition) is 1. The van der Waals surface area contributed by atoms with Gasteiger partial charge in [0.05, 0.1) is 6.61 Å². The molecule has 0 saturated heterocycles. The van der Waals surface area contributed by atoms with Gasteiger partial charge in [-0.15, -0.1) is 0 Å². The molecule has 0 fully saturated rings. The minimum atomic E-state index is -0.295. The summed E-state index contributed by atoms with van der Waals surface area (Å²) in [6, 6.07) is 4.71. The third-order valence-electron chi connectivity index (χ3n) is 2.60. The number of nitrogens with one attached hydrogen (secondary N) is 1. The molecule has 0 aliphatic heterocycles. The van der Waals surface area contributed by atoms with Crippen LogP contribution in [-0.4, -0.2) is 26.9 Å². The van der Waals surface area contributed by atoms with Crippen molar-refractivity contribution in [2.45, 2.75) is 26.0 Å². The molecule has 2 atom stereocenters. The van der Waals surface area contributed by atoms with Gasteiger partial charge >= 0.3 is 0 Å². The molecule has 4 heteroatoms. The van der Waals surface area contributed by atoms with Crippen LogP contribution in [0.25, 0.3) is 0 Å². The second kappa shape index (κ2) is 6.57. The van der Waals surface area contributed by atoms with Crippen molar-refractivity contribution in [1.29, 1.82) is 0 Å². The number of benzene rings is 1. The minimum absolute atomic E-state index is 0.107. The van der Waals surface area contributed by atoms with Crippen molar-refractivity contribution < 1.29 is 13.9 Å². The molecule has 3 nitrogen and oxygen atoms in total. The van der Waals surface area contributed by atoms with E-state index in [0.717, 1.165) is 5.56 Å². The number of methoxy groups -OCH3 is 1. The molecule has 0 amide bonds. The quantitative estimate of drug-likeness (QED) is 0.830. The first-order valence-electron chi connectivity index (χ1n) is 5.70. The van der Waals surface area contributed by atoms with Crippen LogP contribution in [0.2, 0.25) is 0 Å². The summed E-state index contributed by atoms with van der Waals surface area (Å²) in [7, 11) is 3.47. The smallest absolute Gasteiger partial charge is 0.127 e. The summed E-state index contributed by atoms with van der Waals surface area (Å²) in [5, 5.41) is 3.11. The maximum Gasteiger partial charge on any atom is 0.127 e. The van der Waals surface area contributed by atoms with E-state index in [1.165, 1.54) is 12.1 Å². The highest BCUT2D eigenvalue weighted by molar-refractivity contribution is 5.36. The predicted molar refractivity (Wildman–Crippen MR) is 65.8 cm³/mol. The molecule has 1 aromatic carbocycles. The van der Waals surface area contributed by atoms with E-state index in [9.17, 15) is 4.39 Å². The molecule has 17 heavy (non-hydrogen) atoms. The van der Waals surface area contributed by atoms with Crippen LogP contribution in [0.4, 0.5) is 4.39 Å². The van der Waals surface area contributed by atoms with Gasteiger partial charge in [0.2, 0.25) is 0 Å². The molecule has 0 saturated carbocycles. The first-order chi connectivity index (χ1) is 8.08. The number of rotatable bonds is 6. The van der Waals surface area contributed by atoms with Crippen molar-refractivity contribution in [3.05, 3.63) is 29.6 Å². The largest absolute Gasteiger partial charge is 0.488 e. The Kier molecular flexibility index (Phi) is 5.38. The van der Waals surface area contributed by atoms with Crippen molar-refractivity contribution in [2.24, 2.45) is 0 Å². The van der Waals surface area contributed by atoms with Crippen molar-refractivity contribution >= 4 is 0 Å². The summed E-state index contributed by atoms with van der Waals surface area (Å²) in [4.78, 5) is 0. The maximum absolute atomic E-state index is 13.2. The minimum Gasteiger partial charge on any atom is -0.488 e. The van der Waals surface area contributed by atoms with Crippen LogP contribution in [0.5, 0.6) is 5.75 Å². The van der Waals surface area contributed by atoms with Crippen LogP contribution in [0.15, 0.2) is 18.2 Å². The molecular formula is C13H20FNO2. The summed E-state index contributed by atoms with van der Waals surface area (Å²) in [5.74, 6) is 0.271. The summed E-state index contributed by atoms with van der Waals surface area (Å²) in [6.45, 7) is 4.37. The Morgan fingerprint density at radius 2 is 2.06 bits per heavy atom. The predicted octanol–water partition coefficient (Wildman–Crippen LogP) is 2.52. The molecule has 0 bridgehead atoms. The normalized spacial score (nSPS) is 14.4. The SMILES string of the molecule is CNC(C)c1ccc(F)cc1OC(C)COC. The summed E-state index contributed by atoms with van der Waals surface area (Å²) < 4.78 is 23.9. The zero-order chi connectivity index (χ0) is 12.8. The second-order valence-electron chi connectivity index (χ2n) is 4.08. The van der Waals surface area contributed by atoms with Crippen molar-refractivity contribution in [2.75, 3.05) is 20.8 Å². The van der Waals surface area contributed by atoms with Gasteiger partial charge in [-0.1, -0.05) is 6.07 Å². The molecule has 0 aliphatic rings. The van der Waals surface area contributed by atoms with Gasteiger partial charge < -0.3 is 14.8 Å². The molecule has 0 spiro atoms. The Balaban J connectivity index is 2.90. The lowest BCUT2D eigenvalue weighted by Gasteiger charge is -2.20. The van der Waals surface area contributed by atoms with E-state index in [-0.39, 0.29) is 18.0 Å². The third-order valence-corrected chi connectivity index (χ3v) is 2.60. The Morgan fingerprint density at radius 3 is 2.65 bits per heavy atom. The van der Waals surface area contributed by atoms with Gasteiger partial charge in [-0.2, -0.15) is 0 Å². The lowest BCUT2D eigenvalue weighted by atomic mass is 10.1. The molecule has 1 aromatic rings. The Labute approximate surface area is 102 Å². The van der Waals surface area contributed by atoms with Crippen LogP contribution in [0, 0.1) is 5.82 Å². The van der Waals surface area contributed by atoms with Gasteiger partial charge in [-0.25, -0.2) is 4.39 Å². The molecule has 2 unspecified atom stereocenters. The zero-order valence-corrected chi connectivity index (χ0v) is 10.8. The van der Waals surface area contributed by atoms with Gasteiger partial charge in [0, 0.05) is 24.8 Å². The van der Waals surface area contributed by atoms with E-state index in [2.05, 4.69) is 5.32 Å². The highest BCUT2D eigenvalue weighted by Crippen LogP contribution is 2.26. The molecule has 1 rings (SSSR count). The standard InChI is InChI=1S/C13H20FNO2/c1-9(8-16-4)17-13-7-11(14)5-6-12(13)10(2)15-3/h5-7,9-10,15H,8H2,1-4H3. The molecule has 1 N–H and O–H groups in total. The van der Waals surface area contributed by atoms with Gasteiger partial charge in [0.1, 0.15) is 17.7 Å². The highest BCUT2D eigenvalue weighted by Gasteiger charge is 2.13. The lowest BCUT2D eigenvalue weighted by Crippen LogP contribution is -2.20. The summed E-state index contributed by atoms with van der Waals surface area (Å²) >= 11 is 0. The zero-order valence-electron chi connectivity index (χ0n) is 10.8. The van der Waals surface area contributed by atoms with Gasteiger partial charge in [-0.05, 0) is 27.0 Å². The third kappa shape index (κ3) is 3.98. The average molecular weight is 241 g/mol. The summed E-state index contributed by atoms with van der Waals surface area (Å²) in [5.41, 5.74) is 0.942. The van der Waals surface area contributed by atoms with Crippen molar-refractivity contribution in [3.8, 4) is 5.75 Å². The molecule has 0 radical (unpaired) electrons. The molecule has 0 aliphatic carbocycles. The van der Waals surface area contributed by atoms with Gasteiger partial charge in [0.25, 0.3) is 0 Å². The van der Waals surface area contributed by atoms with Gasteiger partial charge in [0.15, 0.2) is 0 Å². The molecule has 96 valence electrons.